The zero-order valence-electron chi connectivity index (χ0n) is 9.80. The number of hydrogen-bond donors (Lipinski definition) is 0. The van der Waals surface area contributed by atoms with Crippen LogP contribution >= 0.6 is 23.2 Å². The van der Waals surface area contributed by atoms with Crippen LogP contribution in [0.4, 0.5) is 4.39 Å². The van der Waals surface area contributed by atoms with Crippen LogP contribution in [0.25, 0.3) is 0 Å². The maximum Gasteiger partial charge on any atom is 0.127 e. The summed E-state index contributed by atoms with van der Waals surface area (Å²) in [6.07, 6.45) is 0.963. The molecule has 2 atom stereocenters. The van der Waals surface area contributed by atoms with Gasteiger partial charge in [-0.05, 0) is 37.1 Å². The summed E-state index contributed by atoms with van der Waals surface area (Å²) in [5.41, 5.74) is 0.665. The van der Waals surface area contributed by atoms with Crippen molar-refractivity contribution < 1.29 is 4.39 Å². The zero-order chi connectivity index (χ0) is 12.4. The van der Waals surface area contributed by atoms with Gasteiger partial charge < -0.3 is 0 Å². The number of halogens is 3. The second-order valence-electron chi connectivity index (χ2n) is 4.75. The van der Waals surface area contributed by atoms with Crippen LogP contribution in [0.1, 0.15) is 18.9 Å². The Hall–Kier alpha value is -0.310. The van der Waals surface area contributed by atoms with Gasteiger partial charge in [-0.2, -0.15) is 0 Å². The number of hydrogen-bond acceptors (Lipinski definition) is 1. The molecule has 1 aliphatic heterocycles. The van der Waals surface area contributed by atoms with Crippen molar-refractivity contribution in [2.45, 2.75) is 25.3 Å². The number of rotatable bonds is 2. The Morgan fingerprint density at radius 3 is 2.94 bits per heavy atom. The van der Waals surface area contributed by atoms with Gasteiger partial charge in [-0.25, -0.2) is 4.39 Å². The average molecular weight is 276 g/mol. The van der Waals surface area contributed by atoms with E-state index in [2.05, 4.69) is 11.8 Å². The second kappa shape index (κ2) is 5.55. The van der Waals surface area contributed by atoms with Crippen LogP contribution in [-0.4, -0.2) is 23.4 Å². The van der Waals surface area contributed by atoms with Crippen LogP contribution < -0.4 is 0 Å². The molecule has 0 radical (unpaired) electrons. The van der Waals surface area contributed by atoms with Gasteiger partial charge in [0.05, 0.1) is 0 Å². The van der Waals surface area contributed by atoms with Crippen molar-refractivity contribution in [2.75, 3.05) is 13.1 Å². The van der Waals surface area contributed by atoms with Gasteiger partial charge in [0, 0.05) is 29.1 Å². The molecular formula is C13H16Cl2FN. The Morgan fingerprint density at radius 2 is 2.24 bits per heavy atom. The highest BCUT2D eigenvalue weighted by atomic mass is 35.5. The number of nitrogens with zero attached hydrogens (tertiary/aromatic N) is 1. The quantitative estimate of drug-likeness (QED) is 0.740. The Morgan fingerprint density at radius 1 is 1.47 bits per heavy atom. The fraction of sp³-hybridized carbons (Fsp3) is 0.538. The molecule has 0 amide bonds. The summed E-state index contributed by atoms with van der Waals surface area (Å²) >= 11 is 12.1. The van der Waals surface area contributed by atoms with Crippen molar-refractivity contribution in [3.8, 4) is 0 Å². The molecule has 1 aromatic rings. The van der Waals surface area contributed by atoms with E-state index in [1.165, 1.54) is 6.07 Å². The number of piperidine rings is 1. The van der Waals surface area contributed by atoms with Crippen LogP contribution in [-0.2, 0) is 6.54 Å². The van der Waals surface area contributed by atoms with Gasteiger partial charge in [-0.1, -0.05) is 18.5 Å². The molecule has 17 heavy (non-hydrogen) atoms. The third-order valence-corrected chi connectivity index (χ3v) is 4.17. The molecule has 1 nitrogen and oxygen atoms in total. The fourth-order valence-corrected chi connectivity index (χ4v) is 2.62. The number of alkyl halides is 1. The summed E-state index contributed by atoms with van der Waals surface area (Å²) in [4.78, 5) is 2.23. The van der Waals surface area contributed by atoms with Crippen LogP contribution in [0.2, 0.25) is 5.02 Å². The molecule has 2 rings (SSSR count). The molecule has 1 heterocycles. The van der Waals surface area contributed by atoms with Gasteiger partial charge >= 0.3 is 0 Å². The Labute approximate surface area is 112 Å². The standard InChI is InChI=1S/C13H16Cl2FN/c1-9-7-17(5-4-12(9)15)8-10-6-11(14)2-3-13(10)16/h2-3,6,9,12H,4-5,7-8H2,1H3. The molecule has 94 valence electrons. The van der Waals surface area contributed by atoms with Gasteiger partial charge in [0.1, 0.15) is 5.82 Å². The zero-order valence-corrected chi connectivity index (χ0v) is 11.3. The Bertz CT molecular complexity index is 397. The molecule has 0 aromatic heterocycles. The largest absolute Gasteiger partial charge is 0.299 e. The van der Waals surface area contributed by atoms with E-state index < -0.39 is 0 Å². The van der Waals surface area contributed by atoms with Crippen LogP contribution in [0.3, 0.4) is 0 Å². The summed E-state index contributed by atoms with van der Waals surface area (Å²) in [7, 11) is 0. The minimum absolute atomic E-state index is 0.185. The first-order valence-electron chi connectivity index (χ1n) is 5.86. The topological polar surface area (TPSA) is 3.24 Å². The third-order valence-electron chi connectivity index (χ3n) is 3.29. The fourth-order valence-electron chi connectivity index (χ4n) is 2.25. The molecule has 1 aliphatic rings. The summed E-state index contributed by atoms with van der Waals surface area (Å²) in [5.74, 6) is 0.266. The van der Waals surface area contributed by atoms with E-state index in [-0.39, 0.29) is 11.2 Å². The maximum absolute atomic E-state index is 13.6. The summed E-state index contributed by atoms with van der Waals surface area (Å²) in [6.45, 7) is 4.59. The summed E-state index contributed by atoms with van der Waals surface area (Å²) in [6, 6.07) is 4.71. The maximum atomic E-state index is 13.6. The molecule has 0 aliphatic carbocycles. The number of benzene rings is 1. The van der Waals surface area contributed by atoms with Crippen molar-refractivity contribution in [1.82, 2.24) is 4.90 Å². The van der Waals surface area contributed by atoms with Gasteiger partial charge in [-0.15, -0.1) is 11.6 Å². The smallest absolute Gasteiger partial charge is 0.127 e. The molecular weight excluding hydrogens is 260 g/mol. The minimum Gasteiger partial charge on any atom is -0.299 e. The second-order valence-corrected chi connectivity index (χ2v) is 5.75. The molecule has 2 unspecified atom stereocenters. The molecule has 1 saturated heterocycles. The molecule has 0 bridgehead atoms. The lowest BCUT2D eigenvalue weighted by Gasteiger charge is -2.34. The molecule has 4 heteroatoms. The lowest BCUT2D eigenvalue weighted by Crippen LogP contribution is -2.39. The predicted octanol–water partition coefficient (Wildman–Crippen LogP) is 3.93. The highest BCUT2D eigenvalue weighted by molar-refractivity contribution is 6.30. The highest BCUT2D eigenvalue weighted by Gasteiger charge is 2.24. The first kappa shape index (κ1) is 13.1. The third kappa shape index (κ3) is 3.34. The van der Waals surface area contributed by atoms with Crippen LogP contribution in [0.5, 0.6) is 0 Å². The van der Waals surface area contributed by atoms with E-state index in [1.807, 2.05) is 0 Å². The van der Waals surface area contributed by atoms with Gasteiger partial charge in [0.25, 0.3) is 0 Å². The lowest BCUT2D eigenvalue weighted by atomic mass is 9.99. The van der Waals surface area contributed by atoms with E-state index in [0.717, 1.165) is 19.5 Å². The van der Waals surface area contributed by atoms with E-state index >= 15 is 0 Å². The van der Waals surface area contributed by atoms with Crippen molar-refractivity contribution in [2.24, 2.45) is 5.92 Å². The minimum atomic E-state index is -0.185. The monoisotopic (exact) mass is 275 g/mol. The van der Waals surface area contributed by atoms with Crippen LogP contribution in [0, 0.1) is 11.7 Å². The Kier molecular flexibility index (Phi) is 4.29. The van der Waals surface area contributed by atoms with E-state index in [0.29, 0.717) is 23.0 Å². The first-order chi connectivity index (χ1) is 8.06. The molecule has 0 spiro atoms. The van der Waals surface area contributed by atoms with Crippen molar-refractivity contribution in [3.63, 3.8) is 0 Å². The van der Waals surface area contributed by atoms with E-state index in [1.54, 1.807) is 12.1 Å². The van der Waals surface area contributed by atoms with Crippen molar-refractivity contribution >= 4 is 23.2 Å². The van der Waals surface area contributed by atoms with Crippen LogP contribution in [0.15, 0.2) is 18.2 Å². The molecule has 0 saturated carbocycles. The number of likely N-dealkylation sites (tertiary alicyclic amines) is 1. The Balaban J connectivity index is 2.03. The molecule has 1 fully saturated rings. The van der Waals surface area contributed by atoms with Gasteiger partial charge in [0.2, 0.25) is 0 Å². The van der Waals surface area contributed by atoms with Gasteiger partial charge in [-0.3, -0.25) is 4.90 Å². The average Bonchev–Trinajstić information content (AvgIpc) is 2.29. The summed E-state index contributed by atoms with van der Waals surface area (Å²) in [5, 5.41) is 0.831. The molecule has 0 N–H and O–H groups in total. The van der Waals surface area contributed by atoms with E-state index in [9.17, 15) is 4.39 Å². The normalized spacial score (nSPS) is 26.1. The lowest BCUT2D eigenvalue weighted by molar-refractivity contribution is 0.178. The van der Waals surface area contributed by atoms with Crippen molar-refractivity contribution in [3.05, 3.63) is 34.6 Å². The SMILES string of the molecule is CC1CN(Cc2cc(Cl)ccc2F)CCC1Cl. The first-order valence-corrected chi connectivity index (χ1v) is 6.68. The van der Waals surface area contributed by atoms with Gasteiger partial charge in [0.15, 0.2) is 0 Å². The highest BCUT2D eigenvalue weighted by Crippen LogP contribution is 2.24. The summed E-state index contributed by atoms with van der Waals surface area (Å²) < 4.78 is 13.6. The van der Waals surface area contributed by atoms with Crippen molar-refractivity contribution in [1.29, 1.82) is 0 Å². The molecule has 1 aromatic carbocycles. The van der Waals surface area contributed by atoms with E-state index in [4.69, 9.17) is 23.2 Å². The predicted molar refractivity (Wildman–Crippen MR) is 70.1 cm³/mol.